The second-order valence-electron chi connectivity index (χ2n) is 9.51. The van der Waals surface area contributed by atoms with Gasteiger partial charge in [-0.05, 0) is 44.6 Å². The molecule has 0 amide bonds. The molecule has 1 aromatic carbocycles. The maximum absolute atomic E-state index is 14.5. The van der Waals surface area contributed by atoms with E-state index in [1.165, 1.54) is 30.8 Å². The molecule has 40 heavy (non-hydrogen) atoms. The third kappa shape index (κ3) is 5.80. The average Bonchev–Trinajstić information content (AvgIpc) is 3.67. The first kappa shape index (κ1) is 28.0. The number of esters is 2. The molecule has 210 valence electrons. The molecular weight excluding hydrogens is 559 g/mol. The van der Waals surface area contributed by atoms with Crippen LogP contribution in [0.4, 0.5) is 4.39 Å². The van der Waals surface area contributed by atoms with Crippen LogP contribution in [0.1, 0.15) is 66.7 Å². The van der Waals surface area contributed by atoms with E-state index in [9.17, 15) is 14.0 Å². The minimum Gasteiger partial charge on any atom is -0.466 e. The smallest absolute Gasteiger partial charge is 0.338 e. The summed E-state index contributed by atoms with van der Waals surface area (Å²) in [6.45, 7) is 2.07. The lowest BCUT2D eigenvalue weighted by molar-refractivity contribution is -0.142. The fraction of sp³-hybridized carbons (Fsp3) is 0.393. The van der Waals surface area contributed by atoms with Crippen molar-refractivity contribution in [3.63, 3.8) is 0 Å². The van der Waals surface area contributed by atoms with Gasteiger partial charge in [-0.1, -0.05) is 23.7 Å². The SMILES string of the molecule is CCOC(=O)Cc1coc([C@H]2CC[C@H](C3=C(C(=O)OC)C(c4cccc(F)c4Cl)N=C(c4nccs4)N3)CC2)n1. The largest absolute Gasteiger partial charge is 0.466 e. The summed E-state index contributed by atoms with van der Waals surface area (Å²) in [5, 5.41) is 5.75. The van der Waals surface area contributed by atoms with Crippen LogP contribution in [0.5, 0.6) is 0 Å². The highest BCUT2D eigenvalue weighted by atomic mass is 35.5. The average molecular weight is 587 g/mol. The highest BCUT2D eigenvalue weighted by Crippen LogP contribution is 2.43. The summed E-state index contributed by atoms with van der Waals surface area (Å²) in [7, 11) is 1.31. The lowest BCUT2D eigenvalue weighted by Crippen LogP contribution is -2.37. The maximum Gasteiger partial charge on any atom is 0.338 e. The molecule has 1 aliphatic carbocycles. The predicted molar refractivity (Wildman–Crippen MR) is 147 cm³/mol. The Morgan fingerprint density at radius 2 is 2.00 bits per heavy atom. The van der Waals surface area contributed by atoms with Crippen LogP contribution in [0.3, 0.4) is 0 Å². The topological polar surface area (TPSA) is 116 Å². The van der Waals surface area contributed by atoms with Crippen molar-refractivity contribution in [2.45, 2.75) is 51.0 Å². The molecule has 1 unspecified atom stereocenters. The number of aromatic nitrogens is 2. The first-order valence-electron chi connectivity index (χ1n) is 13.0. The van der Waals surface area contributed by atoms with Crippen molar-refractivity contribution in [3.8, 4) is 0 Å². The number of rotatable bonds is 8. The van der Waals surface area contributed by atoms with Gasteiger partial charge in [0.2, 0.25) is 0 Å². The number of nitrogens with zero attached hydrogens (tertiary/aromatic N) is 3. The number of ether oxygens (including phenoxy) is 2. The van der Waals surface area contributed by atoms with E-state index < -0.39 is 17.8 Å². The monoisotopic (exact) mass is 586 g/mol. The molecule has 2 aliphatic rings. The van der Waals surface area contributed by atoms with E-state index in [-0.39, 0.29) is 29.2 Å². The van der Waals surface area contributed by atoms with Gasteiger partial charge in [-0.15, -0.1) is 11.3 Å². The Morgan fingerprint density at radius 1 is 1.23 bits per heavy atom. The number of nitrogens with one attached hydrogen (secondary N) is 1. The van der Waals surface area contributed by atoms with E-state index in [0.717, 1.165) is 25.7 Å². The molecule has 3 aromatic rings. The van der Waals surface area contributed by atoms with Crippen LogP contribution in [0.2, 0.25) is 5.02 Å². The van der Waals surface area contributed by atoms with Crippen molar-refractivity contribution < 1.29 is 27.9 Å². The Morgan fingerprint density at radius 3 is 2.70 bits per heavy atom. The Balaban J connectivity index is 1.44. The second kappa shape index (κ2) is 12.3. The zero-order valence-corrected chi connectivity index (χ0v) is 23.6. The molecule has 12 heteroatoms. The molecule has 9 nitrogen and oxygen atoms in total. The van der Waals surface area contributed by atoms with Crippen LogP contribution in [0, 0.1) is 11.7 Å². The Hall–Kier alpha value is -3.57. The van der Waals surface area contributed by atoms with Crippen LogP contribution in [0.25, 0.3) is 0 Å². The minimum absolute atomic E-state index is 0.0420. The maximum atomic E-state index is 14.5. The normalized spacial score (nSPS) is 21.0. The standard InChI is InChI=1S/C28H28ClFN4O5S/c1-3-38-20(35)13-17-14-39-26(32-17)16-9-7-15(8-10-16)23-21(28(36)37-2)24(18-5-4-6-19(30)22(18)29)34-25(33-23)27-31-11-12-40-27/h4-6,11-12,14-16,24H,3,7-10,13H2,1-2H3,(H,33,34)/t15-,16-,24?. The zero-order chi connectivity index (χ0) is 28.2. The molecular formula is C28H28ClFN4O5S. The molecule has 0 saturated heterocycles. The van der Waals surface area contributed by atoms with Crippen molar-refractivity contribution >= 4 is 40.7 Å². The van der Waals surface area contributed by atoms with E-state index >= 15 is 0 Å². The van der Waals surface area contributed by atoms with Gasteiger partial charge in [0.1, 0.15) is 18.1 Å². The molecule has 3 heterocycles. The molecule has 1 fully saturated rings. The number of aliphatic imine (C=N–C) groups is 1. The predicted octanol–water partition coefficient (Wildman–Crippen LogP) is 5.52. The van der Waals surface area contributed by atoms with Gasteiger partial charge in [0.05, 0.1) is 36.4 Å². The minimum atomic E-state index is -0.874. The molecule has 5 rings (SSSR count). The number of carbonyl (C=O) groups excluding carboxylic acids is 2. The Kier molecular flexibility index (Phi) is 8.60. The number of hydrogen-bond acceptors (Lipinski definition) is 10. The van der Waals surface area contributed by atoms with Gasteiger partial charge in [0, 0.05) is 28.8 Å². The van der Waals surface area contributed by atoms with Crippen LogP contribution in [-0.4, -0.2) is 41.5 Å². The van der Waals surface area contributed by atoms with Gasteiger partial charge in [-0.2, -0.15) is 0 Å². The number of amidine groups is 1. The number of oxazole rings is 1. The van der Waals surface area contributed by atoms with Crippen LogP contribution < -0.4 is 5.32 Å². The highest BCUT2D eigenvalue weighted by molar-refractivity contribution is 7.11. The summed E-state index contributed by atoms with van der Waals surface area (Å²) in [5.41, 5.74) is 1.88. The highest BCUT2D eigenvalue weighted by Gasteiger charge is 2.38. The van der Waals surface area contributed by atoms with Crippen molar-refractivity contribution in [2.75, 3.05) is 13.7 Å². The summed E-state index contributed by atoms with van der Waals surface area (Å²) < 4.78 is 30.4. The Bertz CT molecular complexity index is 1450. The second-order valence-corrected chi connectivity index (χ2v) is 10.8. The lowest BCUT2D eigenvalue weighted by atomic mass is 9.78. The fourth-order valence-electron chi connectivity index (χ4n) is 5.21. The van der Waals surface area contributed by atoms with Crippen molar-refractivity contribution in [1.82, 2.24) is 15.3 Å². The van der Waals surface area contributed by atoms with Gasteiger partial charge < -0.3 is 19.2 Å². The van der Waals surface area contributed by atoms with E-state index in [1.54, 1.807) is 25.3 Å². The van der Waals surface area contributed by atoms with E-state index in [4.69, 9.17) is 30.5 Å². The van der Waals surface area contributed by atoms with Crippen LogP contribution >= 0.6 is 22.9 Å². The number of hydrogen-bond donors (Lipinski definition) is 1. The molecule has 0 bridgehead atoms. The van der Waals surface area contributed by atoms with Gasteiger partial charge in [-0.3, -0.25) is 9.79 Å². The number of allylic oxidation sites excluding steroid dienone is 1. The number of thiazole rings is 1. The number of benzene rings is 1. The summed E-state index contributed by atoms with van der Waals surface area (Å²) >= 11 is 7.79. The first-order chi connectivity index (χ1) is 19.4. The molecule has 1 N–H and O–H groups in total. The molecule has 0 spiro atoms. The fourth-order valence-corrected chi connectivity index (χ4v) is 6.02. The summed E-state index contributed by atoms with van der Waals surface area (Å²) in [6.07, 6.45) is 6.18. The van der Waals surface area contributed by atoms with E-state index in [0.29, 0.717) is 45.9 Å². The summed E-state index contributed by atoms with van der Waals surface area (Å²) in [4.78, 5) is 38.7. The Labute approximate surface area is 239 Å². The summed E-state index contributed by atoms with van der Waals surface area (Å²) in [6, 6.07) is 3.60. The molecule has 2 aromatic heterocycles. The molecule has 1 atom stereocenters. The zero-order valence-electron chi connectivity index (χ0n) is 22.0. The lowest BCUT2D eigenvalue weighted by Gasteiger charge is -2.34. The van der Waals surface area contributed by atoms with E-state index in [2.05, 4.69) is 15.3 Å². The van der Waals surface area contributed by atoms with Crippen LogP contribution in [0.15, 0.2) is 56.7 Å². The van der Waals surface area contributed by atoms with Crippen molar-refractivity contribution in [3.05, 3.63) is 80.3 Å². The third-order valence-electron chi connectivity index (χ3n) is 7.08. The molecule has 0 radical (unpaired) electrons. The molecule has 1 aliphatic heterocycles. The van der Waals surface area contributed by atoms with Gasteiger partial charge in [-0.25, -0.2) is 19.2 Å². The number of halogens is 2. The van der Waals surface area contributed by atoms with Gasteiger partial charge in [0.15, 0.2) is 16.7 Å². The van der Waals surface area contributed by atoms with Crippen LogP contribution in [-0.2, 0) is 25.5 Å². The third-order valence-corrected chi connectivity index (χ3v) is 8.25. The number of methoxy groups -OCH3 is 1. The van der Waals surface area contributed by atoms with E-state index in [1.807, 2.05) is 5.38 Å². The molecule has 1 saturated carbocycles. The number of carbonyl (C=O) groups is 2. The van der Waals surface area contributed by atoms with Crippen molar-refractivity contribution in [2.24, 2.45) is 10.9 Å². The van der Waals surface area contributed by atoms with Gasteiger partial charge in [0.25, 0.3) is 0 Å². The summed E-state index contributed by atoms with van der Waals surface area (Å²) in [5.74, 6) is -0.399. The van der Waals surface area contributed by atoms with Gasteiger partial charge >= 0.3 is 11.9 Å². The van der Waals surface area contributed by atoms with Crippen molar-refractivity contribution in [1.29, 1.82) is 0 Å². The first-order valence-corrected chi connectivity index (χ1v) is 14.3. The quantitative estimate of drug-likeness (QED) is 0.343.